The highest BCUT2D eigenvalue weighted by Gasteiger charge is 2.14. The van der Waals surface area contributed by atoms with Crippen LogP contribution in [0, 0.1) is 5.92 Å². The minimum absolute atomic E-state index is 0.178. The largest absolute Gasteiger partial charge is 0.491 e. The van der Waals surface area contributed by atoms with Crippen LogP contribution in [0.15, 0.2) is 36.5 Å². The quantitative estimate of drug-likeness (QED) is 0.721. The van der Waals surface area contributed by atoms with Gasteiger partial charge in [-0.2, -0.15) is 0 Å². The molecule has 0 spiro atoms. The van der Waals surface area contributed by atoms with E-state index in [2.05, 4.69) is 10.3 Å². The molecule has 2 aromatic rings. The number of benzene rings is 1. The lowest BCUT2D eigenvalue weighted by atomic mass is 9.86. The van der Waals surface area contributed by atoms with Gasteiger partial charge in [-0.1, -0.05) is 50.3 Å². The maximum absolute atomic E-state index is 11.9. The molecule has 1 N–H and O–H groups in total. The van der Waals surface area contributed by atoms with Crippen LogP contribution in [-0.4, -0.2) is 24.0 Å². The van der Waals surface area contributed by atoms with Gasteiger partial charge in [-0.3, -0.25) is 9.78 Å². The third kappa shape index (κ3) is 5.45. The van der Waals surface area contributed by atoms with Gasteiger partial charge < -0.3 is 10.1 Å². The SMILES string of the molecule is O=C(CCC1CCCCC1)NCCCOc1cccc2cccnc12. The fraction of sp³-hybridized carbons (Fsp3) is 0.524. The smallest absolute Gasteiger partial charge is 0.220 e. The molecule has 4 heteroatoms. The van der Waals surface area contributed by atoms with E-state index < -0.39 is 0 Å². The second kappa shape index (κ2) is 9.40. The van der Waals surface area contributed by atoms with Crippen molar-refractivity contribution in [2.75, 3.05) is 13.2 Å². The number of rotatable bonds is 8. The Bertz CT molecular complexity index is 675. The second-order valence-electron chi connectivity index (χ2n) is 6.93. The molecule has 1 fully saturated rings. The number of carbonyl (C=O) groups is 1. The van der Waals surface area contributed by atoms with Crippen LogP contribution in [-0.2, 0) is 4.79 Å². The highest BCUT2D eigenvalue weighted by molar-refractivity contribution is 5.84. The molecule has 134 valence electrons. The van der Waals surface area contributed by atoms with E-state index in [9.17, 15) is 4.79 Å². The summed E-state index contributed by atoms with van der Waals surface area (Å²) >= 11 is 0. The summed E-state index contributed by atoms with van der Waals surface area (Å²) in [4.78, 5) is 16.3. The number of para-hydroxylation sites is 1. The second-order valence-corrected chi connectivity index (χ2v) is 6.93. The predicted molar refractivity (Wildman–Crippen MR) is 101 cm³/mol. The lowest BCUT2D eigenvalue weighted by Gasteiger charge is -2.20. The van der Waals surface area contributed by atoms with Crippen molar-refractivity contribution < 1.29 is 9.53 Å². The number of nitrogens with zero attached hydrogens (tertiary/aromatic N) is 1. The third-order valence-electron chi connectivity index (χ3n) is 5.00. The molecule has 1 aromatic carbocycles. The Balaban J connectivity index is 1.32. The molecule has 0 radical (unpaired) electrons. The van der Waals surface area contributed by atoms with Crippen LogP contribution in [0.5, 0.6) is 5.75 Å². The number of ether oxygens (including phenoxy) is 1. The van der Waals surface area contributed by atoms with Crippen LogP contribution in [0.3, 0.4) is 0 Å². The summed E-state index contributed by atoms with van der Waals surface area (Å²) in [6, 6.07) is 9.91. The number of pyridine rings is 1. The number of nitrogens with one attached hydrogen (secondary N) is 1. The van der Waals surface area contributed by atoms with Crippen LogP contribution >= 0.6 is 0 Å². The molecule has 1 aliphatic carbocycles. The standard InChI is InChI=1S/C21H28N2O2/c24-20(13-12-17-7-2-1-3-8-17)22-15-6-16-25-19-11-4-9-18-10-5-14-23-21(18)19/h4-5,9-11,14,17H,1-3,6-8,12-13,15-16H2,(H,22,24). The Morgan fingerprint density at radius 2 is 2.00 bits per heavy atom. The molecule has 0 bridgehead atoms. The highest BCUT2D eigenvalue weighted by atomic mass is 16.5. The number of amides is 1. The summed E-state index contributed by atoms with van der Waals surface area (Å²) in [7, 11) is 0. The maximum atomic E-state index is 11.9. The molecule has 4 nitrogen and oxygen atoms in total. The van der Waals surface area contributed by atoms with E-state index in [4.69, 9.17) is 4.74 Å². The average molecular weight is 340 g/mol. The van der Waals surface area contributed by atoms with E-state index in [1.54, 1.807) is 6.20 Å². The molecule has 1 amide bonds. The summed E-state index contributed by atoms with van der Waals surface area (Å²) in [5, 5.41) is 4.09. The van der Waals surface area contributed by atoms with Gasteiger partial charge in [0, 0.05) is 24.5 Å². The van der Waals surface area contributed by atoms with Gasteiger partial charge in [0.15, 0.2) is 0 Å². The van der Waals surface area contributed by atoms with Gasteiger partial charge in [0.25, 0.3) is 0 Å². The van der Waals surface area contributed by atoms with Crippen molar-refractivity contribution in [3.8, 4) is 5.75 Å². The van der Waals surface area contributed by atoms with Crippen molar-refractivity contribution in [3.05, 3.63) is 36.5 Å². The minimum atomic E-state index is 0.178. The van der Waals surface area contributed by atoms with Gasteiger partial charge in [0.05, 0.1) is 6.61 Å². The van der Waals surface area contributed by atoms with E-state index in [0.29, 0.717) is 19.6 Å². The van der Waals surface area contributed by atoms with Gasteiger partial charge in [-0.05, 0) is 30.9 Å². The van der Waals surface area contributed by atoms with E-state index in [0.717, 1.165) is 35.4 Å². The first-order valence-electron chi connectivity index (χ1n) is 9.56. The molecular formula is C21H28N2O2. The summed E-state index contributed by atoms with van der Waals surface area (Å²) in [5.74, 6) is 1.75. The van der Waals surface area contributed by atoms with Gasteiger partial charge in [-0.15, -0.1) is 0 Å². The van der Waals surface area contributed by atoms with Crippen molar-refractivity contribution in [1.29, 1.82) is 0 Å². The first kappa shape index (κ1) is 17.7. The molecule has 3 rings (SSSR count). The van der Waals surface area contributed by atoms with Crippen LogP contribution in [0.1, 0.15) is 51.4 Å². The fourth-order valence-corrected chi connectivity index (χ4v) is 3.57. The Labute approximate surface area is 150 Å². The zero-order valence-electron chi connectivity index (χ0n) is 14.9. The van der Waals surface area contributed by atoms with Gasteiger partial charge >= 0.3 is 0 Å². The molecule has 1 aliphatic rings. The minimum Gasteiger partial charge on any atom is -0.491 e. The molecular weight excluding hydrogens is 312 g/mol. The fourth-order valence-electron chi connectivity index (χ4n) is 3.57. The number of aromatic nitrogens is 1. The Morgan fingerprint density at radius 1 is 1.16 bits per heavy atom. The number of fused-ring (bicyclic) bond motifs is 1. The van der Waals surface area contributed by atoms with E-state index >= 15 is 0 Å². The van der Waals surface area contributed by atoms with Gasteiger partial charge in [0.2, 0.25) is 5.91 Å². The Hall–Kier alpha value is -2.10. The normalized spacial score (nSPS) is 15.2. The Morgan fingerprint density at radius 3 is 2.88 bits per heavy atom. The summed E-state index contributed by atoms with van der Waals surface area (Å²) in [5.41, 5.74) is 0.890. The van der Waals surface area contributed by atoms with E-state index in [-0.39, 0.29) is 5.91 Å². The van der Waals surface area contributed by atoms with Crippen molar-refractivity contribution in [2.45, 2.75) is 51.4 Å². The summed E-state index contributed by atoms with van der Waals surface area (Å²) < 4.78 is 5.84. The molecule has 0 unspecified atom stereocenters. The number of hydrogen-bond acceptors (Lipinski definition) is 3. The summed E-state index contributed by atoms with van der Waals surface area (Å²) in [6.45, 7) is 1.25. The van der Waals surface area contributed by atoms with Gasteiger partial charge in [0.1, 0.15) is 11.3 Å². The molecule has 1 aromatic heterocycles. The monoisotopic (exact) mass is 340 g/mol. The molecule has 25 heavy (non-hydrogen) atoms. The lowest BCUT2D eigenvalue weighted by Crippen LogP contribution is -2.26. The zero-order valence-corrected chi connectivity index (χ0v) is 14.9. The lowest BCUT2D eigenvalue weighted by molar-refractivity contribution is -0.121. The van der Waals surface area contributed by atoms with Crippen LogP contribution in [0.4, 0.5) is 0 Å². The topological polar surface area (TPSA) is 51.2 Å². The van der Waals surface area contributed by atoms with Gasteiger partial charge in [-0.25, -0.2) is 0 Å². The number of hydrogen-bond donors (Lipinski definition) is 1. The van der Waals surface area contributed by atoms with Crippen molar-refractivity contribution in [1.82, 2.24) is 10.3 Å². The first-order valence-corrected chi connectivity index (χ1v) is 9.56. The Kier molecular flexibility index (Phi) is 6.66. The van der Waals surface area contributed by atoms with E-state index in [1.165, 1.54) is 32.1 Å². The van der Waals surface area contributed by atoms with E-state index in [1.807, 2.05) is 30.3 Å². The first-order chi connectivity index (χ1) is 12.3. The predicted octanol–water partition coefficient (Wildman–Crippen LogP) is 4.48. The average Bonchev–Trinajstić information content (AvgIpc) is 2.67. The maximum Gasteiger partial charge on any atom is 0.220 e. The van der Waals surface area contributed by atoms with Crippen LogP contribution in [0.25, 0.3) is 10.9 Å². The molecule has 0 aliphatic heterocycles. The molecule has 0 saturated heterocycles. The molecule has 0 atom stereocenters. The van der Waals surface area contributed by atoms with Crippen molar-refractivity contribution in [3.63, 3.8) is 0 Å². The third-order valence-corrected chi connectivity index (χ3v) is 5.00. The molecule has 1 saturated carbocycles. The van der Waals surface area contributed by atoms with Crippen LogP contribution < -0.4 is 10.1 Å². The van der Waals surface area contributed by atoms with Crippen LogP contribution in [0.2, 0.25) is 0 Å². The van der Waals surface area contributed by atoms with Crippen molar-refractivity contribution >= 4 is 16.8 Å². The summed E-state index contributed by atoms with van der Waals surface area (Å²) in [6.07, 6.45) is 11.0. The molecule has 1 heterocycles. The number of carbonyl (C=O) groups excluding carboxylic acids is 1. The zero-order chi connectivity index (χ0) is 17.3. The van der Waals surface area contributed by atoms with Crippen molar-refractivity contribution in [2.24, 2.45) is 5.92 Å². The highest BCUT2D eigenvalue weighted by Crippen LogP contribution is 2.27.